The summed E-state index contributed by atoms with van der Waals surface area (Å²) in [6.45, 7) is 4.01. The zero-order valence-corrected chi connectivity index (χ0v) is 21.5. The highest BCUT2D eigenvalue weighted by molar-refractivity contribution is 9.09. The molecule has 184 valence electrons. The van der Waals surface area contributed by atoms with Crippen LogP contribution in [0.1, 0.15) is 54.6 Å². The number of nitrogens with zero attached hydrogens (tertiary/aromatic N) is 2. The van der Waals surface area contributed by atoms with E-state index in [1.165, 1.54) is 22.5 Å². The lowest BCUT2D eigenvalue weighted by molar-refractivity contribution is 0.0824. The van der Waals surface area contributed by atoms with Crippen LogP contribution in [0.5, 0.6) is 0 Å². The van der Waals surface area contributed by atoms with Gasteiger partial charge in [-0.3, -0.25) is 14.2 Å². The molecule has 2 N–H and O–H groups in total. The molecule has 6 nitrogen and oxygen atoms in total. The Bertz CT molecular complexity index is 1240. The third-order valence-electron chi connectivity index (χ3n) is 6.55. The normalized spacial score (nSPS) is 15.3. The summed E-state index contributed by atoms with van der Waals surface area (Å²) in [4.78, 5) is 30.2. The molecule has 3 aromatic rings. The molecule has 1 fully saturated rings. The van der Waals surface area contributed by atoms with Crippen molar-refractivity contribution in [1.29, 1.82) is 0 Å². The van der Waals surface area contributed by atoms with E-state index < -0.39 is 28.8 Å². The molecule has 0 radical (unpaired) electrons. The van der Waals surface area contributed by atoms with E-state index in [4.69, 9.17) is 0 Å². The lowest BCUT2D eigenvalue weighted by Crippen LogP contribution is -2.47. The summed E-state index contributed by atoms with van der Waals surface area (Å²) in [7, 11) is 0. The number of anilines is 1. The Labute approximate surface area is 213 Å². The summed E-state index contributed by atoms with van der Waals surface area (Å²) in [6, 6.07) is 16.6. The van der Waals surface area contributed by atoms with Gasteiger partial charge in [-0.15, -0.1) is 0 Å². The van der Waals surface area contributed by atoms with Crippen LogP contribution < -0.4 is 16.2 Å². The minimum Gasteiger partial charge on any atom is -0.357 e. The molecule has 1 atom stereocenters. The van der Waals surface area contributed by atoms with Crippen molar-refractivity contribution in [3.05, 3.63) is 94.0 Å². The quantitative estimate of drug-likeness (QED) is 0.276. The minimum absolute atomic E-state index is 0.153. The number of alkyl halides is 2. The third-order valence-corrected chi connectivity index (χ3v) is 7.11. The number of aryl methyl sites for hydroxylation is 1. The van der Waals surface area contributed by atoms with Crippen LogP contribution in [-0.4, -0.2) is 27.1 Å². The number of carbonyl (C=O) groups excluding carboxylic acids is 1. The van der Waals surface area contributed by atoms with E-state index in [2.05, 4.69) is 43.7 Å². The van der Waals surface area contributed by atoms with E-state index in [0.29, 0.717) is 18.4 Å². The maximum atomic E-state index is 15.4. The molecule has 0 saturated heterocycles. The molecule has 1 saturated carbocycles. The monoisotopic (exact) mass is 540 g/mol. The van der Waals surface area contributed by atoms with Crippen LogP contribution in [-0.2, 0) is 17.5 Å². The topological polar surface area (TPSA) is 76.0 Å². The van der Waals surface area contributed by atoms with Crippen LogP contribution in [0.2, 0.25) is 0 Å². The Kier molecular flexibility index (Phi) is 7.40. The van der Waals surface area contributed by atoms with E-state index >= 15 is 4.39 Å². The fourth-order valence-corrected chi connectivity index (χ4v) is 4.76. The van der Waals surface area contributed by atoms with Crippen molar-refractivity contribution in [2.75, 3.05) is 10.6 Å². The Morgan fingerprint density at radius 1 is 1.17 bits per heavy atom. The highest BCUT2D eigenvalue weighted by atomic mass is 79.9. The van der Waals surface area contributed by atoms with Crippen LogP contribution in [0.25, 0.3) is 0 Å². The minimum atomic E-state index is -1.71. The largest absolute Gasteiger partial charge is 0.357 e. The van der Waals surface area contributed by atoms with Gasteiger partial charge in [0, 0.05) is 23.3 Å². The highest BCUT2D eigenvalue weighted by Gasteiger charge is 2.53. The van der Waals surface area contributed by atoms with Crippen molar-refractivity contribution in [3.63, 3.8) is 0 Å². The number of halogens is 2. The number of hydrogen-bond donors (Lipinski definition) is 2. The molecular formula is C27H30BrFN4O2. The Balaban J connectivity index is 1.57. The van der Waals surface area contributed by atoms with Gasteiger partial charge in [-0.25, -0.2) is 9.37 Å². The van der Waals surface area contributed by atoms with E-state index in [1.54, 1.807) is 30.3 Å². The van der Waals surface area contributed by atoms with Crippen molar-refractivity contribution >= 4 is 27.7 Å². The molecule has 1 aliphatic carbocycles. The first kappa shape index (κ1) is 25.1. The molecule has 1 aliphatic rings. The average Bonchev–Trinajstić information content (AvgIpc) is 3.66. The van der Waals surface area contributed by atoms with Gasteiger partial charge in [0.2, 0.25) is 0 Å². The van der Waals surface area contributed by atoms with Gasteiger partial charge in [0.15, 0.2) is 12.1 Å². The molecule has 1 aromatic heterocycles. The second-order valence-corrected chi connectivity index (χ2v) is 10.2. The van der Waals surface area contributed by atoms with E-state index in [0.717, 1.165) is 23.7 Å². The van der Waals surface area contributed by atoms with Crippen LogP contribution in [0, 0.1) is 0 Å². The zero-order chi connectivity index (χ0) is 25.1. The number of amides is 1. The van der Waals surface area contributed by atoms with Gasteiger partial charge in [-0.05, 0) is 62.8 Å². The lowest BCUT2D eigenvalue weighted by Gasteiger charge is -2.30. The van der Waals surface area contributed by atoms with Crippen molar-refractivity contribution in [2.45, 2.75) is 56.9 Å². The van der Waals surface area contributed by atoms with Crippen LogP contribution in [0.15, 0.2) is 71.8 Å². The first-order valence-electron chi connectivity index (χ1n) is 11.8. The zero-order valence-electron chi connectivity index (χ0n) is 19.9. The van der Waals surface area contributed by atoms with Gasteiger partial charge >= 0.3 is 0 Å². The number of hydrogen-bond acceptors (Lipinski definition) is 4. The summed E-state index contributed by atoms with van der Waals surface area (Å²) in [6.07, 6.45) is 4.10. The van der Waals surface area contributed by atoms with Crippen LogP contribution in [0.4, 0.5) is 10.2 Å². The molecule has 2 aromatic carbocycles. The maximum Gasteiger partial charge on any atom is 0.293 e. The van der Waals surface area contributed by atoms with E-state index in [1.807, 2.05) is 26.0 Å². The first-order valence-corrected chi connectivity index (χ1v) is 12.9. The molecule has 1 amide bonds. The van der Waals surface area contributed by atoms with Gasteiger partial charge in [0.25, 0.3) is 11.5 Å². The third kappa shape index (κ3) is 5.32. The van der Waals surface area contributed by atoms with Crippen molar-refractivity contribution in [1.82, 2.24) is 14.9 Å². The number of carbonyl (C=O) groups is 1. The van der Waals surface area contributed by atoms with Gasteiger partial charge < -0.3 is 10.6 Å². The molecular weight excluding hydrogens is 511 g/mol. The lowest BCUT2D eigenvalue weighted by atomic mass is 9.88. The van der Waals surface area contributed by atoms with E-state index in [-0.39, 0.29) is 5.82 Å². The maximum absolute atomic E-state index is 15.4. The first-order chi connectivity index (χ1) is 16.8. The van der Waals surface area contributed by atoms with Crippen molar-refractivity contribution in [2.24, 2.45) is 0 Å². The predicted octanol–water partition coefficient (Wildman–Crippen LogP) is 5.13. The second kappa shape index (κ2) is 10.3. The smallest absolute Gasteiger partial charge is 0.293 e. The summed E-state index contributed by atoms with van der Waals surface area (Å²) in [5, 5.41) is 6.64. The number of rotatable bonds is 10. The number of benzene rings is 2. The fraction of sp³-hybridized carbons (Fsp3) is 0.370. The van der Waals surface area contributed by atoms with Crippen molar-refractivity contribution < 1.29 is 9.18 Å². The van der Waals surface area contributed by atoms with Crippen LogP contribution >= 0.6 is 15.9 Å². The molecule has 35 heavy (non-hydrogen) atoms. The van der Waals surface area contributed by atoms with Gasteiger partial charge in [0.1, 0.15) is 0 Å². The average molecular weight is 541 g/mol. The fourth-order valence-electron chi connectivity index (χ4n) is 4.48. The second-order valence-electron chi connectivity index (χ2n) is 9.46. The van der Waals surface area contributed by atoms with Crippen LogP contribution in [0.3, 0.4) is 0 Å². The van der Waals surface area contributed by atoms with Gasteiger partial charge in [0.05, 0.1) is 11.1 Å². The summed E-state index contributed by atoms with van der Waals surface area (Å²) in [5.74, 6) is -0.355. The summed E-state index contributed by atoms with van der Waals surface area (Å²) < 4.78 is 16.8. The SMILES string of the molecule is CC(C)(Nc1nccn(C2(C(F)NC(=O)c3ccccc3)CC2)c1=O)c1ccccc1CCCBr. The predicted molar refractivity (Wildman–Crippen MR) is 140 cm³/mol. The summed E-state index contributed by atoms with van der Waals surface area (Å²) in [5.41, 5.74) is 0.549. The number of nitrogens with one attached hydrogen (secondary N) is 2. The molecule has 1 unspecified atom stereocenters. The Morgan fingerprint density at radius 3 is 2.54 bits per heavy atom. The molecule has 4 rings (SSSR count). The molecule has 0 aliphatic heterocycles. The number of aromatic nitrogens is 2. The highest BCUT2D eigenvalue weighted by Crippen LogP contribution is 2.46. The molecule has 1 heterocycles. The Hall–Kier alpha value is -3.00. The van der Waals surface area contributed by atoms with Gasteiger partial charge in [-0.2, -0.15) is 0 Å². The van der Waals surface area contributed by atoms with E-state index in [9.17, 15) is 9.59 Å². The molecule has 0 spiro atoms. The standard InChI is InChI=1S/C27H30BrFN4O2/c1-26(2,21-13-7-6-9-19(21)12-8-16-28)32-22-24(35)33(18-17-30-22)27(14-15-27)25(29)31-23(34)20-10-4-3-5-11-20/h3-7,9-11,13,17-18,25H,8,12,14-16H2,1-2H3,(H,30,32)(H,31,34). The molecule has 0 bridgehead atoms. The van der Waals surface area contributed by atoms with Crippen molar-refractivity contribution in [3.8, 4) is 0 Å². The molecule has 8 heteroatoms. The Morgan fingerprint density at radius 2 is 1.86 bits per heavy atom. The van der Waals surface area contributed by atoms with Gasteiger partial charge in [-0.1, -0.05) is 58.4 Å². The summed E-state index contributed by atoms with van der Waals surface area (Å²) >= 11 is 3.49.